The molecule has 0 fully saturated rings. The second-order valence-corrected chi connectivity index (χ2v) is 2.69. The predicted octanol–water partition coefficient (Wildman–Crippen LogP) is 2.04. The number of phenols is 2. The highest BCUT2D eigenvalue weighted by Crippen LogP contribution is 2.22. The average Bonchev–Trinajstić information content (AvgIpc) is 2.07. The third-order valence-corrected chi connectivity index (χ3v) is 1.62. The number of hydrogen-bond donors (Lipinski definition) is 3. The topological polar surface area (TPSA) is 40.5 Å². The van der Waals surface area contributed by atoms with Crippen LogP contribution in [0, 0.1) is 0 Å². The molecule has 0 atom stereocenters. The van der Waals surface area contributed by atoms with Crippen molar-refractivity contribution in [3.63, 3.8) is 0 Å². The Morgan fingerprint density at radius 3 is 2.75 bits per heavy atom. The van der Waals surface area contributed by atoms with Gasteiger partial charge in [-0.3, -0.25) is 0 Å². The van der Waals surface area contributed by atoms with Crippen molar-refractivity contribution in [3.05, 3.63) is 29.8 Å². The Morgan fingerprint density at radius 1 is 1.33 bits per heavy atom. The van der Waals surface area contributed by atoms with Gasteiger partial charge in [0, 0.05) is 11.3 Å². The van der Waals surface area contributed by atoms with Crippen molar-refractivity contribution in [1.29, 1.82) is 0 Å². The highest BCUT2D eigenvalue weighted by Gasteiger charge is 1.96. The van der Waals surface area contributed by atoms with Gasteiger partial charge >= 0.3 is 0 Å². The first kappa shape index (κ1) is 9.00. The molecule has 1 aromatic rings. The summed E-state index contributed by atoms with van der Waals surface area (Å²) < 4.78 is 0. The minimum Gasteiger partial charge on any atom is -0.508 e. The van der Waals surface area contributed by atoms with Gasteiger partial charge in [-0.05, 0) is 18.2 Å². The smallest absolute Gasteiger partial charge is 0.123 e. The standard InChI is InChI=1S/C9H10O2S/c10-8-3-4-9(11)7(6-8)2-1-5-12/h1-4,6,10-12H,5H2. The van der Waals surface area contributed by atoms with E-state index in [0.717, 1.165) is 0 Å². The van der Waals surface area contributed by atoms with Crippen LogP contribution in [0.2, 0.25) is 0 Å². The molecule has 0 aromatic heterocycles. The normalized spacial score (nSPS) is 10.8. The van der Waals surface area contributed by atoms with Crippen LogP contribution in [0.5, 0.6) is 11.5 Å². The van der Waals surface area contributed by atoms with Crippen molar-refractivity contribution in [2.24, 2.45) is 0 Å². The van der Waals surface area contributed by atoms with Crippen LogP contribution < -0.4 is 0 Å². The fourth-order valence-corrected chi connectivity index (χ4v) is 0.960. The monoisotopic (exact) mass is 182 g/mol. The van der Waals surface area contributed by atoms with E-state index < -0.39 is 0 Å². The first-order chi connectivity index (χ1) is 5.74. The lowest BCUT2D eigenvalue weighted by Gasteiger charge is -1.98. The van der Waals surface area contributed by atoms with Gasteiger partial charge in [-0.2, -0.15) is 12.6 Å². The van der Waals surface area contributed by atoms with E-state index in [2.05, 4.69) is 12.6 Å². The first-order valence-electron chi connectivity index (χ1n) is 3.53. The third-order valence-electron chi connectivity index (χ3n) is 1.41. The Labute approximate surface area is 76.6 Å². The molecule has 2 nitrogen and oxygen atoms in total. The fourth-order valence-electron chi connectivity index (χ4n) is 0.855. The molecule has 0 radical (unpaired) electrons. The maximum Gasteiger partial charge on any atom is 0.123 e. The van der Waals surface area contributed by atoms with E-state index in [1.54, 1.807) is 12.2 Å². The molecule has 0 unspecified atom stereocenters. The number of aromatic hydroxyl groups is 2. The van der Waals surface area contributed by atoms with E-state index in [4.69, 9.17) is 5.11 Å². The number of thiol groups is 1. The molecule has 1 rings (SSSR count). The van der Waals surface area contributed by atoms with Crippen molar-refractivity contribution in [3.8, 4) is 11.5 Å². The Balaban J connectivity index is 2.97. The number of rotatable bonds is 2. The lowest BCUT2D eigenvalue weighted by molar-refractivity contribution is 0.459. The van der Waals surface area contributed by atoms with Crippen LogP contribution in [0.15, 0.2) is 24.3 Å². The molecule has 0 aliphatic carbocycles. The van der Waals surface area contributed by atoms with Gasteiger partial charge in [0.25, 0.3) is 0 Å². The van der Waals surface area contributed by atoms with E-state index >= 15 is 0 Å². The maximum atomic E-state index is 9.27. The Hall–Kier alpha value is -1.09. The Bertz CT molecular complexity index is 295. The largest absolute Gasteiger partial charge is 0.508 e. The number of hydrogen-bond acceptors (Lipinski definition) is 3. The summed E-state index contributed by atoms with van der Waals surface area (Å²) in [5, 5.41) is 18.3. The van der Waals surface area contributed by atoms with Crippen LogP contribution in [0.25, 0.3) is 6.08 Å². The summed E-state index contributed by atoms with van der Waals surface area (Å²) in [6, 6.07) is 4.39. The van der Waals surface area contributed by atoms with Gasteiger partial charge in [-0.15, -0.1) is 0 Å². The van der Waals surface area contributed by atoms with Gasteiger partial charge in [0.05, 0.1) is 0 Å². The molecule has 1 aromatic carbocycles. The molecule has 0 aliphatic rings. The van der Waals surface area contributed by atoms with Crippen LogP contribution in [-0.2, 0) is 0 Å². The summed E-state index contributed by atoms with van der Waals surface area (Å²) >= 11 is 3.98. The summed E-state index contributed by atoms with van der Waals surface area (Å²) in [4.78, 5) is 0. The third kappa shape index (κ3) is 2.20. The molecule has 0 aliphatic heterocycles. The zero-order chi connectivity index (χ0) is 8.97. The molecule has 0 saturated carbocycles. The van der Waals surface area contributed by atoms with Crippen LogP contribution in [0.1, 0.15) is 5.56 Å². The van der Waals surface area contributed by atoms with Crippen molar-refractivity contribution in [2.45, 2.75) is 0 Å². The second-order valence-electron chi connectivity index (χ2n) is 2.33. The van der Waals surface area contributed by atoms with Crippen LogP contribution in [0.4, 0.5) is 0 Å². The molecule has 12 heavy (non-hydrogen) atoms. The van der Waals surface area contributed by atoms with Gasteiger partial charge in [-0.25, -0.2) is 0 Å². The lowest BCUT2D eigenvalue weighted by atomic mass is 10.2. The Morgan fingerprint density at radius 2 is 2.08 bits per heavy atom. The van der Waals surface area contributed by atoms with Crippen molar-refractivity contribution >= 4 is 18.7 Å². The van der Waals surface area contributed by atoms with Crippen LogP contribution in [0.3, 0.4) is 0 Å². The molecule has 3 heteroatoms. The van der Waals surface area contributed by atoms with Crippen molar-refractivity contribution in [2.75, 3.05) is 5.75 Å². The van der Waals surface area contributed by atoms with Gasteiger partial charge in [0.2, 0.25) is 0 Å². The van der Waals surface area contributed by atoms with E-state index in [-0.39, 0.29) is 11.5 Å². The highest BCUT2D eigenvalue weighted by atomic mass is 32.1. The Kier molecular flexibility index (Phi) is 3.05. The van der Waals surface area contributed by atoms with Gasteiger partial charge in [0.1, 0.15) is 11.5 Å². The average molecular weight is 182 g/mol. The van der Waals surface area contributed by atoms with E-state index in [1.807, 2.05) is 0 Å². The lowest BCUT2D eigenvalue weighted by Crippen LogP contribution is -1.74. The zero-order valence-electron chi connectivity index (χ0n) is 6.44. The van der Waals surface area contributed by atoms with E-state index in [1.165, 1.54) is 18.2 Å². The molecule has 0 bridgehead atoms. The summed E-state index contributed by atoms with van der Waals surface area (Å²) in [7, 11) is 0. The summed E-state index contributed by atoms with van der Waals surface area (Å²) in [6.45, 7) is 0. The molecular formula is C9H10O2S. The molecular weight excluding hydrogens is 172 g/mol. The number of benzene rings is 1. The quantitative estimate of drug-likeness (QED) is 0.484. The van der Waals surface area contributed by atoms with Crippen molar-refractivity contribution in [1.82, 2.24) is 0 Å². The van der Waals surface area contributed by atoms with Crippen LogP contribution in [-0.4, -0.2) is 16.0 Å². The molecule has 0 spiro atoms. The summed E-state index contributed by atoms with van der Waals surface area (Å²) in [6.07, 6.45) is 3.50. The van der Waals surface area contributed by atoms with E-state index in [9.17, 15) is 5.11 Å². The fraction of sp³-hybridized carbons (Fsp3) is 0.111. The van der Waals surface area contributed by atoms with Crippen molar-refractivity contribution < 1.29 is 10.2 Å². The predicted molar refractivity (Wildman–Crippen MR) is 52.7 cm³/mol. The molecule has 64 valence electrons. The van der Waals surface area contributed by atoms with Crippen LogP contribution >= 0.6 is 12.6 Å². The summed E-state index contributed by atoms with van der Waals surface area (Å²) in [5.41, 5.74) is 0.601. The van der Waals surface area contributed by atoms with Gasteiger partial charge in [0.15, 0.2) is 0 Å². The molecule has 0 saturated heterocycles. The second kappa shape index (κ2) is 4.07. The van der Waals surface area contributed by atoms with E-state index in [0.29, 0.717) is 11.3 Å². The maximum absolute atomic E-state index is 9.27. The summed E-state index contributed by atoms with van der Waals surface area (Å²) in [5.74, 6) is 0.909. The first-order valence-corrected chi connectivity index (χ1v) is 4.16. The molecule has 0 amide bonds. The molecule has 2 N–H and O–H groups in total. The highest BCUT2D eigenvalue weighted by molar-refractivity contribution is 7.80. The SMILES string of the molecule is Oc1ccc(O)c(C=CCS)c1. The minimum absolute atomic E-state index is 0.145. The zero-order valence-corrected chi connectivity index (χ0v) is 7.33. The minimum atomic E-state index is 0.145. The number of phenolic OH excluding ortho intramolecular Hbond substituents is 2. The molecule has 0 heterocycles. The van der Waals surface area contributed by atoms with Gasteiger partial charge in [-0.1, -0.05) is 12.2 Å². The van der Waals surface area contributed by atoms with Gasteiger partial charge < -0.3 is 10.2 Å².